The number of rotatable bonds is 5. The summed E-state index contributed by atoms with van der Waals surface area (Å²) in [6, 6.07) is -1.94. The van der Waals surface area contributed by atoms with Gasteiger partial charge in [-0.25, -0.2) is 9.59 Å². The molecule has 1 saturated carbocycles. The molecule has 0 radical (unpaired) electrons. The minimum Gasteiger partial charge on any atom is -0.454 e. The van der Waals surface area contributed by atoms with Crippen molar-refractivity contribution in [3.63, 3.8) is 0 Å². The molecule has 0 aromatic rings. The molecule has 9 nitrogen and oxygen atoms in total. The zero-order valence-electron chi connectivity index (χ0n) is 15.2. The third-order valence-corrected chi connectivity index (χ3v) is 4.62. The first kappa shape index (κ1) is 19.9. The number of likely N-dealkylation sites (tertiary alicyclic amines) is 1. The fourth-order valence-electron chi connectivity index (χ4n) is 3.39. The van der Waals surface area contributed by atoms with Gasteiger partial charge in [0.1, 0.15) is 6.04 Å². The summed E-state index contributed by atoms with van der Waals surface area (Å²) < 4.78 is 4.86. The summed E-state index contributed by atoms with van der Waals surface area (Å²) in [5.41, 5.74) is 0. The number of carbonyl (C=O) groups excluding carboxylic acids is 5. The van der Waals surface area contributed by atoms with E-state index in [0.717, 1.165) is 17.7 Å². The lowest BCUT2D eigenvalue weighted by Gasteiger charge is -2.21. The fourth-order valence-corrected chi connectivity index (χ4v) is 3.39. The molecule has 3 atom stereocenters. The molecular weight excluding hydrogens is 342 g/mol. The average molecular weight is 367 g/mol. The number of imide groups is 2. The third kappa shape index (κ3) is 4.39. The number of nitrogens with zero attached hydrogens (tertiary/aromatic N) is 1. The molecule has 0 aromatic heterocycles. The largest absolute Gasteiger partial charge is 0.454 e. The Morgan fingerprint density at radius 1 is 1.08 bits per heavy atom. The molecule has 0 aromatic carbocycles. The first-order valence-corrected chi connectivity index (χ1v) is 8.86. The monoisotopic (exact) mass is 367 g/mol. The van der Waals surface area contributed by atoms with Gasteiger partial charge in [-0.1, -0.05) is 12.8 Å². The Morgan fingerprint density at radius 3 is 2.12 bits per heavy atom. The number of amides is 5. The molecule has 144 valence electrons. The Labute approximate surface area is 151 Å². The number of urea groups is 1. The summed E-state index contributed by atoms with van der Waals surface area (Å²) in [5.74, 6) is -3.04. The zero-order valence-corrected chi connectivity index (χ0v) is 15.2. The smallest absolute Gasteiger partial charge is 0.329 e. The molecule has 26 heavy (non-hydrogen) atoms. The summed E-state index contributed by atoms with van der Waals surface area (Å²) in [5, 5.41) is 4.48. The quantitative estimate of drug-likeness (QED) is 0.533. The number of nitrogens with one attached hydrogen (secondary N) is 2. The number of carbonyl (C=O) groups is 5. The van der Waals surface area contributed by atoms with E-state index < -0.39 is 30.6 Å². The maximum Gasteiger partial charge on any atom is 0.329 e. The van der Waals surface area contributed by atoms with Crippen LogP contribution in [0.4, 0.5) is 4.79 Å². The van der Waals surface area contributed by atoms with E-state index in [2.05, 4.69) is 5.32 Å². The predicted molar refractivity (Wildman–Crippen MR) is 89.5 cm³/mol. The maximum absolute atomic E-state index is 12.4. The number of hydrogen-bond donors (Lipinski definition) is 2. The second-order valence-corrected chi connectivity index (χ2v) is 7.00. The molecule has 2 fully saturated rings. The molecule has 3 unspecified atom stereocenters. The molecule has 2 aliphatic rings. The van der Waals surface area contributed by atoms with E-state index in [4.69, 9.17) is 4.74 Å². The Morgan fingerprint density at radius 2 is 1.62 bits per heavy atom. The van der Waals surface area contributed by atoms with E-state index in [0.29, 0.717) is 12.8 Å². The van der Waals surface area contributed by atoms with Gasteiger partial charge in [-0.2, -0.15) is 0 Å². The van der Waals surface area contributed by atoms with Crippen LogP contribution >= 0.6 is 0 Å². The maximum atomic E-state index is 12.4. The van der Waals surface area contributed by atoms with E-state index in [1.165, 1.54) is 6.92 Å². The summed E-state index contributed by atoms with van der Waals surface area (Å²) in [4.78, 5) is 61.0. The Kier molecular flexibility index (Phi) is 6.33. The van der Waals surface area contributed by atoms with Crippen LogP contribution in [0.25, 0.3) is 0 Å². The molecule has 0 bridgehead atoms. The molecule has 9 heteroatoms. The van der Waals surface area contributed by atoms with Crippen molar-refractivity contribution < 1.29 is 28.7 Å². The van der Waals surface area contributed by atoms with Gasteiger partial charge >= 0.3 is 12.0 Å². The molecule has 2 rings (SSSR count). The first-order valence-electron chi connectivity index (χ1n) is 8.86. The lowest BCUT2D eigenvalue weighted by atomic mass is 9.81. The number of fused-ring (bicyclic) bond motifs is 1. The zero-order chi connectivity index (χ0) is 19.4. The van der Waals surface area contributed by atoms with Gasteiger partial charge in [-0.05, 0) is 33.6 Å². The minimum absolute atomic E-state index is 0.152. The van der Waals surface area contributed by atoms with Gasteiger partial charge in [0.25, 0.3) is 5.91 Å². The van der Waals surface area contributed by atoms with E-state index in [1.807, 2.05) is 5.32 Å². The van der Waals surface area contributed by atoms with Gasteiger partial charge in [0, 0.05) is 6.04 Å². The Hall–Kier alpha value is -2.45. The van der Waals surface area contributed by atoms with Gasteiger partial charge in [0.15, 0.2) is 6.61 Å². The number of hydrogen-bond acceptors (Lipinski definition) is 6. The topological polar surface area (TPSA) is 122 Å². The van der Waals surface area contributed by atoms with Gasteiger partial charge in [-0.15, -0.1) is 0 Å². The highest BCUT2D eigenvalue weighted by molar-refractivity contribution is 6.08. The summed E-state index contributed by atoms with van der Waals surface area (Å²) in [6.45, 7) is 4.19. The number of ether oxygens (including phenoxy) is 1. The van der Waals surface area contributed by atoms with Crippen molar-refractivity contribution in [2.45, 2.75) is 58.5 Å². The highest BCUT2D eigenvalue weighted by Crippen LogP contribution is 2.38. The van der Waals surface area contributed by atoms with Crippen molar-refractivity contribution >= 4 is 29.7 Å². The van der Waals surface area contributed by atoms with Crippen molar-refractivity contribution in [1.82, 2.24) is 15.5 Å². The fraction of sp³-hybridized carbons (Fsp3) is 0.706. The standard InChI is InChI=1S/C17H25N3O6/c1-9(2)18-17(25)19-13(21)8-26-16(24)10(3)20-14(22)11-6-4-5-7-12(11)15(20)23/h9-12H,4-8H2,1-3H3,(H2,18,19,21,25). The van der Waals surface area contributed by atoms with Gasteiger partial charge in [-0.3, -0.25) is 24.6 Å². The van der Waals surface area contributed by atoms with Crippen molar-refractivity contribution in [3.05, 3.63) is 0 Å². The van der Waals surface area contributed by atoms with Crippen molar-refractivity contribution in [1.29, 1.82) is 0 Å². The van der Waals surface area contributed by atoms with Crippen molar-refractivity contribution in [2.75, 3.05) is 6.61 Å². The van der Waals surface area contributed by atoms with Crippen LogP contribution in [-0.2, 0) is 23.9 Å². The lowest BCUT2D eigenvalue weighted by molar-refractivity contribution is -0.159. The predicted octanol–water partition coefficient (Wildman–Crippen LogP) is 0.328. The Balaban J connectivity index is 1.87. The van der Waals surface area contributed by atoms with E-state index in [9.17, 15) is 24.0 Å². The molecule has 1 heterocycles. The van der Waals surface area contributed by atoms with Crippen molar-refractivity contribution in [2.24, 2.45) is 11.8 Å². The first-order chi connectivity index (χ1) is 12.2. The van der Waals surface area contributed by atoms with Crippen LogP contribution in [0.1, 0.15) is 46.5 Å². The van der Waals surface area contributed by atoms with Crippen LogP contribution in [0.5, 0.6) is 0 Å². The lowest BCUT2D eigenvalue weighted by Crippen LogP contribution is -2.46. The summed E-state index contributed by atoms with van der Waals surface area (Å²) in [6.07, 6.45) is 3.10. The van der Waals surface area contributed by atoms with E-state index in [1.54, 1.807) is 13.8 Å². The number of esters is 1. The normalized spacial score (nSPS) is 23.5. The summed E-state index contributed by atoms with van der Waals surface area (Å²) >= 11 is 0. The van der Waals surface area contributed by atoms with Crippen LogP contribution in [0.3, 0.4) is 0 Å². The Bertz CT molecular complexity index is 594. The molecule has 0 spiro atoms. The SMILES string of the molecule is CC(C)NC(=O)NC(=O)COC(=O)C(C)N1C(=O)C2CCCCC2C1=O. The molecule has 5 amide bonds. The van der Waals surface area contributed by atoms with Gasteiger partial charge in [0.2, 0.25) is 11.8 Å². The van der Waals surface area contributed by atoms with Crippen molar-refractivity contribution in [3.8, 4) is 0 Å². The highest BCUT2D eigenvalue weighted by atomic mass is 16.5. The van der Waals surface area contributed by atoms with Crippen LogP contribution < -0.4 is 10.6 Å². The summed E-state index contributed by atoms with van der Waals surface area (Å²) in [7, 11) is 0. The minimum atomic E-state index is -1.10. The van der Waals surface area contributed by atoms with Crippen LogP contribution in [0.2, 0.25) is 0 Å². The molecule has 1 saturated heterocycles. The molecule has 2 N–H and O–H groups in total. The second kappa shape index (κ2) is 8.29. The van der Waals surface area contributed by atoms with E-state index in [-0.39, 0.29) is 29.7 Å². The van der Waals surface area contributed by atoms with Gasteiger partial charge in [0.05, 0.1) is 11.8 Å². The second-order valence-electron chi connectivity index (χ2n) is 7.00. The third-order valence-electron chi connectivity index (χ3n) is 4.62. The van der Waals surface area contributed by atoms with Crippen LogP contribution in [0.15, 0.2) is 0 Å². The van der Waals surface area contributed by atoms with Crippen LogP contribution in [-0.4, -0.2) is 53.3 Å². The molecule has 1 aliphatic heterocycles. The highest BCUT2D eigenvalue weighted by Gasteiger charge is 2.51. The molecule has 1 aliphatic carbocycles. The van der Waals surface area contributed by atoms with Crippen LogP contribution in [0, 0.1) is 11.8 Å². The van der Waals surface area contributed by atoms with E-state index >= 15 is 0 Å². The van der Waals surface area contributed by atoms with Gasteiger partial charge < -0.3 is 10.1 Å². The average Bonchev–Trinajstić information content (AvgIpc) is 2.82. The molecular formula is C17H25N3O6.